The van der Waals surface area contributed by atoms with Crippen LogP contribution >= 0.6 is 31.9 Å². The number of hydrogen-bond acceptors (Lipinski definition) is 3. The smallest absolute Gasteiger partial charge is 0.333 e. The van der Waals surface area contributed by atoms with E-state index < -0.39 is 0 Å². The molecule has 0 saturated carbocycles. The summed E-state index contributed by atoms with van der Waals surface area (Å²) in [6.45, 7) is 2.29. The fraction of sp³-hybridized carbons (Fsp3) is 0.250. The van der Waals surface area contributed by atoms with Gasteiger partial charge in [-0.2, -0.15) is 0 Å². The Balaban J connectivity index is 2.62. The first-order valence-corrected chi connectivity index (χ1v) is 6.57. The molecule has 0 aromatic heterocycles. The number of ether oxygens (including phenoxy) is 1. The summed E-state index contributed by atoms with van der Waals surface area (Å²) in [5.74, 6) is -0.305. The third-order valence-electron chi connectivity index (χ3n) is 2.14. The van der Waals surface area contributed by atoms with Crippen LogP contribution in [0.1, 0.15) is 6.92 Å². The van der Waals surface area contributed by atoms with Crippen molar-refractivity contribution in [2.75, 3.05) is 19.0 Å². The molecule has 0 aliphatic heterocycles. The molecule has 5 heteroatoms. The van der Waals surface area contributed by atoms with Crippen molar-refractivity contribution in [1.82, 2.24) is 0 Å². The number of carbonyl (C=O) groups excluding carboxylic acids is 1. The highest BCUT2D eigenvalue weighted by Gasteiger charge is 2.02. The normalized spacial score (nSPS) is 11.2. The third kappa shape index (κ3) is 4.52. The van der Waals surface area contributed by atoms with Crippen molar-refractivity contribution in [2.45, 2.75) is 6.92 Å². The van der Waals surface area contributed by atoms with Crippen LogP contribution in [-0.4, -0.2) is 19.6 Å². The largest absolute Gasteiger partial charge is 0.466 e. The first-order valence-electron chi connectivity index (χ1n) is 4.98. The molecule has 1 rings (SSSR count). The minimum absolute atomic E-state index is 0.305. The van der Waals surface area contributed by atoms with Gasteiger partial charge in [-0.05, 0) is 41.1 Å². The minimum atomic E-state index is -0.305. The summed E-state index contributed by atoms with van der Waals surface area (Å²) in [6, 6.07) is 5.86. The predicted octanol–water partition coefficient (Wildman–Crippen LogP) is 3.74. The van der Waals surface area contributed by atoms with E-state index >= 15 is 0 Å². The maximum Gasteiger partial charge on any atom is 0.333 e. The Kier molecular flexibility index (Phi) is 5.71. The van der Waals surface area contributed by atoms with Crippen LogP contribution in [0.25, 0.3) is 0 Å². The van der Waals surface area contributed by atoms with Gasteiger partial charge < -0.3 is 10.1 Å². The van der Waals surface area contributed by atoms with Crippen molar-refractivity contribution in [3.8, 4) is 0 Å². The summed E-state index contributed by atoms with van der Waals surface area (Å²) in [6.07, 6.45) is 1.79. The molecule has 0 unspecified atom stereocenters. The number of benzene rings is 1. The van der Waals surface area contributed by atoms with Crippen LogP contribution in [0.4, 0.5) is 5.69 Å². The second-order valence-corrected chi connectivity index (χ2v) is 5.15. The first kappa shape index (κ1) is 14.3. The van der Waals surface area contributed by atoms with Gasteiger partial charge >= 0.3 is 5.97 Å². The first-order chi connectivity index (χ1) is 8.04. The van der Waals surface area contributed by atoms with Crippen molar-refractivity contribution in [3.63, 3.8) is 0 Å². The molecule has 0 spiro atoms. The SMILES string of the molecule is COC(=O)/C(C)=C/CNc1cc(Br)ccc1Br. The fourth-order valence-corrected chi connectivity index (χ4v) is 1.94. The lowest BCUT2D eigenvalue weighted by atomic mass is 10.2. The lowest BCUT2D eigenvalue weighted by Gasteiger charge is -2.07. The van der Waals surface area contributed by atoms with Gasteiger partial charge in [-0.25, -0.2) is 4.79 Å². The summed E-state index contributed by atoms with van der Waals surface area (Å²) in [5, 5.41) is 3.20. The molecule has 0 radical (unpaired) electrons. The van der Waals surface area contributed by atoms with Crippen molar-refractivity contribution < 1.29 is 9.53 Å². The van der Waals surface area contributed by atoms with E-state index in [1.54, 1.807) is 13.0 Å². The zero-order valence-corrected chi connectivity index (χ0v) is 12.8. The molecule has 0 atom stereocenters. The Hall–Kier alpha value is -0.810. The lowest BCUT2D eigenvalue weighted by Crippen LogP contribution is -2.05. The molecule has 0 aliphatic carbocycles. The number of rotatable bonds is 4. The van der Waals surface area contributed by atoms with Gasteiger partial charge in [0.15, 0.2) is 0 Å². The number of esters is 1. The molecule has 0 heterocycles. The highest BCUT2D eigenvalue weighted by molar-refractivity contribution is 9.11. The second kappa shape index (κ2) is 6.81. The number of hydrogen-bond donors (Lipinski definition) is 1. The molecule has 0 aliphatic rings. The van der Waals surface area contributed by atoms with Crippen LogP contribution in [0, 0.1) is 0 Å². The Morgan fingerprint density at radius 2 is 2.18 bits per heavy atom. The Labute approximate surface area is 117 Å². The molecular formula is C12H13Br2NO2. The van der Waals surface area contributed by atoms with Crippen molar-refractivity contribution >= 4 is 43.5 Å². The summed E-state index contributed by atoms with van der Waals surface area (Å²) in [4.78, 5) is 11.1. The van der Waals surface area contributed by atoms with E-state index in [9.17, 15) is 4.79 Å². The average Bonchev–Trinajstić information content (AvgIpc) is 2.32. The summed E-state index contributed by atoms with van der Waals surface area (Å²) in [7, 11) is 1.37. The van der Waals surface area contributed by atoms with Crippen LogP contribution in [0.2, 0.25) is 0 Å². The molecule has 0 amide bonds. The van der Waals surface area contributed by atoms with Gasteiger partial charge in [0.1, 0.15) is 0 Å². The second-order valence-electron chi connectivity index (χ2n) is 3.38. The molecule has 17 heavy (non-hydrogen) atoms. The Morgan fingerprint density at radius 3 is 2.82 bits per heavy atom. The predicted molar refractivity (Wildman–Crippen MR) is 76.1 cm³/mol. The molecule has 0 saturated heterocycles. The fourth-order valence-electron chi connectivity index (χ4n) is 1.19. The Bertz CT molecular complexity index is 444. The molecule has 0 fully saturated rings. The maximum absolute atomic E-state index is 11.1. The van der Waals surface area contributed by atoms with Gasteiger partial charge in [0.05, 0.1) is 7.11 Å². The summed E-state index contributed by atoms with van der Waals surface area (Å²) >= 11 is 6.85. The average molecular weight is 363 g/mol. The van der Waals surface area contributed by atoms with Crippen LogP contribution in [0.5, 0.6) is 0 Å². The van der Waals surface area contributed by atoms with Gasteiger partial charge in [-0.1, -0.05) is 22.0 Å². The van der Waals surface area contributed by atoms with E-state index in [1.165, 1.54) is 7.11 Å². The molecule has 1 N–H and O–H groups in total. The molecule has 3 nitrogen and oxygen atoms in total. The van der Waals surface area contributed by atoms with E-state index in [0.29, 0.717) is 12.1 Å². The van der Waals surface area contributed by atoms with Crippen molar-refractivity contribution in [3.05, 3.63) is 38.8 Å². The number of carbonyl (C=O) groups is 1. The highest BCUT2D eigenvalue weighted by Crippen LogP contribution is 2.25. The third-order valence-corrected chi connectivity index (χ3v) is 3.32. The zero-order valence-electron chi connectivity index (χ0n) is 9.59. The van der Waals surface area contributed by atoms with E-state index in [1.807, 2.05) is 18.2 Å². The quantitative estimate of drug-likeness (QED) is 0.654. The number of nitrogens with one attached hydrogen (secondary N) is 1. The molecule has 1 aromatic rings. The van der Waals surface area contributed by atoms with Gasteiger partial charge in [0, 0.05) is 26.8 Å². The minimum Gasteiger partial charge on any atom is -0.466 e. The van der Waals surface area contributed by atoms with Crippen LogP contribution in [-0.2, 0) is 9.53 Å². The van der Waals surface area contributed by atoms with E-state index in [2.05, 4.69) is 41.9 Å². The van der Waals surface area contributed by atoms with Crippen molar-refractivity contribution in [2.24, 2.45) is 0 Å². The highest BCUT2D eigenvalue weighted by atomic mass is 79.9. The molecular weight excluding hydrogens is 350 g/mol. The number of halogens is 2. The van der Waals surface area contributed by atoms with Gasteiger partial charge in [-0.3, -0.25) is 0 Å². The van der Waals surface area contributed by atoms with Crippen molar-refractivity contribution in [1.29, 1.82) is 0 Å². The number of anilines is 1. The van der Waals surface area contributed by atoms with Crippen LogP contribution in [0.3, 0.4) is 0 Å². The van der Waals surface area contributed by atoms with E-state index in [-0.39, 0.29) is 5.97 Å². The molecule has 92 valence electrons. The van der Waals surface area contributed by atoms with Gasteiger partial charge in [-0.15, -0.1) is 0 Å². The van der Waals surface area contributed by atoms with Gasteiger partial charge in [0.25, 0.3) is 0 Å². The van der Waals surface area contributed by atoms with E-state index in [4.69, 9.17) is 0 Å². The number of methoxy groups -OCH3 is 1. The summed E-state index contributed by atoms with van der Waals surface area (Å²) in [5.41, 5.74) is 1.56. The molecule has 1 aromatic carbocycles. The standard InChI is InChI=1S/C12H13Br2NO2/c1-8(12(16)17-2)5-6-15-11-7-9(13)3-4-10(11)14/h3-5,7,15H,6H2,1-2H3/b8-5+. The van der Waals surface area contributed by atoms with Crippen LogP contribution < -0.4 is 5.32 Å². The zero-order chi connectivity index (χ0) is 12.8. The monoisotopic (exact) mass is 361 g/mol. The topological polar surface area (TPSA) is 38.3 Å². The van der Waals surface area contributed by atoms with Gasteiger partial charge in [0.2, 0.25) is 0 Å². The summed E-state index contributed by atoms with van der Waals surface area (Å²) < 4.78 is 6.58. The Morgan fingerprint density at radius 1 is 1.47 bits per heavy atom. The molecule has 0 bridgehead atoms. The maximum atomic E-state index is 11.1. The van der Waals surface area contributed by atoms with E-state index in [0.717, 1.165) is 14.6 Å². The lowest BCUT2D eigenvalue weighted by molar-refractivity contribution is -0.136. The van der Waals surface area contributed by atoms with Crippen LogP contribution in [0.15, 0.2) is 38.8 Å².